The third-order valence-corrected chi connectivity index (χ3v) is 21.0. The summed E-state index contributed by atoms with van der Waals surface area (Å²) in [5, 5.41) is 71.7. The summed E-state index contributed by atoms with van der Waals surface area (Å²) in [5.41, 5.74) is 33.5. The van der Waals surface area contributed by atoms with E-state index in [9.17, 15) is 33.7 Å². The fraction of sp³-hybridized carbons (Fsp3) is 0.149. The van der Waals surface area contributed by atoms with Crippen LogP contribution >= 0.6 is 11.3 Å². The minimum Gasteiger partial charge on any atom is -0.492 e. The number of benzene rings is 6. The highest BCUT2D eigenvalue weighted by Crippen LogP contribution is 2.31. The molecular weight excluding hydrogens is 1630 g/mol. The predicted molar refractivity (Wildman–Crippen MR) is 441 cm³/mol. The zero-order chi connectivity index (χ0) is 83.9. The zero-order valence-electron chi connectivity index (χ0n) is 61.8. The molecule has 1 saturated heterocycles. The number of fused-ring (bicyclic) bond motifs is 1. The van der Waals surface area contributed by atoms with Gasteiger partial charge in [-0.3, -0.25) is 0 Å². The van der Waals surface area contributed by atoms with Crippen molar-refractivity contribution in [1.29, 1.82) is 0 Å². The van der Waals surface area contributed by atoms with Crippen molar-refractivity contribution >= 4 is 149 Å². The van der Waals surface area contributed by atoms with Crippen molar-refractivity contribution < 1.29 is 43.5 Å². The number of hydrogen-bond donors (Lipinski definition) is 18. The maximum absolute atomic E-state index is 11.4. The number of anilines is 15. The SMILES string of the molecule is C[C@@H](Nc1cc(-n2nc(Nc3ccc(S(N)(=O)=O)cc3)nc2N)ncn1)c1ccccc1.NCCOc1ccc2nc(-n3nc(Nc4ccc(S(N)(=O)=O)cc4)nc3N)sc2c1.Nc1nc(Nc2ccc(S(N)(=O)=O)cc2)nn1-c1cc(NC2CCNC2)ncn1.Nc1nc(Nc2ccc(S(N)(=O)=O)cc2)nn1-c1cc(NCCO)ncn1. The van der Waals surface area contributed by atoms with Gasteiger partial charge in [-0.25, -0.2) is 89.1 Å². The molecule has 15 rings (SSSR count). The number of aromatic nitrogens is 19. The Hall–Kier alpha value is -13.9. The lowest BCUT2D eigenvalue weighted by Gasteiger charge is -2.15. The molecule has 9 heterocycles. The van der Waals surface area contributed by atoms with Crippen LogP contribution in [0.25, 0.3) is 32.8 Å². The Balaban J connectivity index is 0.000000145. The van der Waals surface area contributed by atoms with E-state index in [1.165, 1.54) is 110 Å². The van der Waals surface area contributed by atoms with Crippen molar-refractivity contribution in [2.45, 2.75) is 45.0 Å². The molecule has 1 aliphatic rings. The number of nitrogens with two attached hydrogens (primary N) is 9. The monoisotopic (exact) mass is 1700 g/mol. The molecule has 1 aliphatic heterocycles. The summed E-state index contributed by atoms with van der Waals surface area (Å²) >= 11 is 1.39. The van der Waals surface area contributed by atoms with E-state index in [0.717, 1.165) is 35.3 Å². The molecule has 51 heteroatoms. The van der Waals surface area contributed by atoms with Gasteiger partial charge in [-0.15, -0.1) is 20.4 Å². The van der Waals surface area contributed by atoms with Crippen molar-refractivity contribution in [3.05, 3.63) is 188 Å². The number of aliphatic hydroxyl groups is 1. The summed E-state index contributed by atoms with van der Waals surface area (Å²) in [6.45, 7) is 5.04. The van der Waals surface area contributed by atoms with Crippen molar-refractivity contribution in [3.8, 4) is 28.3 Å². The molecule has 0 aliphatic carbocycles. The number of sulfonamides is 4. The first kappa shape index (κ1) is 83.6. The summed E-state index contributed by atoms with van der Waals surface area (Å²) in [7, 11) is -15.0. The molecule has 1 unspecified atom stereocenters. The molecule has 6 aromatic carbocycles. The number of primary sulfonamides is 4. The maximum Gasteiger partial charge on any atom is 0.248 e. The van der Waals surface area contributed by atoms with Gasteiger partial charge in [0.05, 0.1) is 36.4 Å². The van der Waals surface area contributed by atoms with E-state index in [2.05, 4.69) is 118 Å². The van der Waals surface area contributed by atoms with E-state index in [4.69, 9.17) is 59.1 Å². The second-order valence-electron chi connectivity index (χ2n) is 24.9. The largest absolute Gasteiger partial charge is 0.492 e. The molecule has 14 aromatic rings. The molecule has 0 radical (unpaired) electrons. The van der Waals surface area contributed by atoms with Crippen molar-refractivity contribution in [1.82, 2.24) is 99.3 Å². The van der Waals surface area contributed by atoms with Gasteiger partial charge < -0.3 is 81.0 Å². The number of ether oxygens (including phenoxy) is 1. The Morgan fingerprint density at radius 2 is 0.898 bits per heavy atom. The first-order chi connectivity index (χ1) is 56.4. The highest BCUT2D eigenvalue weighted by atomic mass is 32.2. The van der Waals surface area contributed by atoms with E-state index < -0.39 is 40.1 Å². The standard InChI is InChI=1S/C20H21N9O2S.C17H18N8O3S2.C16H20N10O2S.C14H17N9O3S/c1-13(14-5-3-2-4-6-14)25-17-11-18(24-12-23-17)29-19(21)27-20(28-29)26-15-7-9-16(10-8-15)32(22,30)31;18-7-8-28-11-3-6-13-14(9-11)29-17(22-13)25-15(19)23-16(24-25)21-10-1-4-12(5-2-10)30(20,26)27;17-15-24-16(23-10-1-3-12(4-2-10)29(18,27)28)25-26(15)14-7-13(20-9-21-14)22-11-5-6-19-8-11;15-13-21-14(20-9-1-3-10(4-2-9)27(16,25)26)22-23(13)12-7-11(17-5-6-24)18-8-19-12/h2-13H,1H3,(H2,22,30,31)(H,23,24,25)(H3,21,26,27,28);1-6,9H,7-8,18H2,(H2,20,26,27)(H3,19,21,23,24);1-4,7,9,11,19H,5-6,8H2,(H2,18,27,28)(H,20,21,22)(H3,17,23,24,25);1-4,7-8,24H,5-6H2,(H2,16,25,26)(H,17,18,19)(H3,15,20,21,22)/t13-;;;/m1.../s1. The van der Waals surface area contributed by atoms with Gasteiger partial charge in [0.15, 0.2) is 17.5 Å². The van der Waals surface area contributed by atoms with Crippen LogP contribution in [-0.2, 0) is 40.1 Å². The van der Waals surface area contributed by atoms with Crippen LogP contribution in [0.2, 0.25) is 0 Å². The Kier molecular flexibility index (Phi) is 26.0. The molecule has 0 saturated carbocycles. The van der Waals surface area contributed by atoms with Gasteiger partial charge in [-0.05, 0) is 141 Å². The van der Waals surface area contributed by atoms with Crippen molar-refractivity contribution in [3.63, 3.8) is 0 Å². The van der Waals surface area contributed by atoms with Gasteiger partial charge in [0.1, 0.15) is 48.8 Å². The number of nitrogens with zero attached hydrogens (tertiary/aromatic N) is 19. The molecule has 0 spiro atoms. The van der Waals surface area contributed by atoms with E-state index in [-0.39, 0.29) is 79.8 Å². The molecular formula is C67H76N36O10S5. The minimum atomic E-state index is -3.77. The molecule has 0 bridgehead atoms. The van der Waals surface area contributed by atoms with Crippen LogP contribution in [0.15, 0.2) is 202 Å². The van der Waals surface area contributed by atoms with Gasteiger partial charge in [0.25, 0.3) is 0 Å². The summed E-state index contributed by atoms with van der Waals surface area (Å²) in [6, 6.07) is 44.3. The zero-order valence-corrected chi connectivity index (χ0v) is 65.9. The topological polar surface area (TPSA) is 710 Å². The molecule has 118 heavy (non-hydrogen) atoms. The number of nitrogen functional groups attached to an aromatic ring is 4. The first-order valence-electron chi connectivity index (χ1n) is 34.7. The van der Waals surface area contributed by atoms with Gasteiger partial charge in [0, 0.05) is 72.7 Å². The van der Waals surface area contributed by atoms with Crippen LogP contribution in [-0.4, -0.2) is 178 Å². The Morgan fingerprint density at radius 3 is 1.31 bits per heavy atom. The second kappa shape index (κ2) is 36.7. The van der Waals surface area contributed by atoms with Gasteiger partial charge in [-0.2, -0.15) is 38.7 Å². The van der Waals surface area contributed by atoms with E-state index in [1.54, 1.807) is 54.6 Å². The fourth-order valence-electron chi connectivity index (χ4n) is 10.7. The molecule has 614 valence electrons. The molecule has 1 fully saturated rings. The van der Waals surface area contributed by atoms with Crippen molar-refractivity contribution in [2.24, 2.45) is 26.3 Å². The van der Waals surface area contributed by atoms with Crippen LogP contribution in [0.5, 0.6) is 5.75 Å². The Morgan fingerprint density at radius 1 is 0.500 bits per heavy atom. The predicted octanol–water partition coefficient (Wildman–Crippen LogP) is 2.63. The van der Waals surface area contributed by atoms with Gasteiger partial charge in [-0.1, -0.05) is 41.7 Å². The van der Waals surface area contributed by atoms with E-state index in [1.807, 2.05) is 55.5 Å². The van der Waals surface area contributed by atoms with Crippen LogP contribution in [0.4, 0.5) is 87.8 Å². The van der Waals surface area contributed by atoms with Crippen LogP contribution in [0.3, 0.4) is 0 Å². The lowest BCUT2D eigenvalue weighted by molar-refractivity contribution is 0.311. The third-order valence-electron chi connectivity index (χ3n) is 16.3. The van der Waals surface area contributed by atoms with Gasteiger partial charge in [0.2, 0.25) is 92.8 Å². The number of nitrogens with one attached hydrogen (secondary N) is 8. The van der Waals surface area contributed by atoms with Crippen molar-refractivity contribution in [2.75, 3.05) is 99.5 Å². The number of rotatable bonds is 27. The van der Waals surface area contributed by atoms with Gasteiger partial charge >= 0.3 is 0 Å². The maximum atomic E-state index is 11.4. The molecule has 0 amide bonds. The smallest absolute Gasteiger partial charge is 0.248 e. The third kappa shape index (κ3) is 22.4. The van der Waals surface area contributed by atoms with E-state index in [0.29, 0.717) is 94.3 Å². The quantitative estimate of drug-likeness (QED) is 0.0352. The fourth-order valence-corrected chi connectivity index (χ4v) is 13.7. The summed E-state index contributed by atoms with van der Waals surface area (Å²) in [5.74, 6) is 5.16. The summed E-state index contributed by atoms with van der Waals surface area (Å²) < 4.78 is 103. The lowest BCUT2D eigenvalue weighted by atomic mass is 10.1. The number of hydrogen-bond acceptors (Lipinski definition) is 39. The Bertz CT molecular complexity index is 6280. The minimum absolute atomic E-state index is 0.00468. The summed E-state index contributed by atoms with van der Waals surface area (Å²) in [4.78, 5) is 46.3. The van der Waals surface area contributed by atoms with Crippen LogP contribution in [0, 0.1) is 0 Å². The molecule has 2 atom stereocenters. The number of thiazole rings is 1. The first-order valence-corrected chi connectivity index (χ1v) is 41.7. The molecule has 46 nitrogen and oxygen atoms in total. The van der Waals surface area contributed by atoms with E-state index >= 15 is 0 Å². The second-order valence-corrected chi connectivity index (χ2v) is 32.2. The summed E-state index contributed by atoms with van der Waals surface area (Å²) in [6.07, 6.45) is 5.19. The molecule has 27 N–H and O–H groups in total. The highest BCUT2D eigenvalue weighted by molar-refractivity contribution is 7.90. The highest BCUT2D eigenvalue weighted by Gasteiger charge is 2.21. The molecule has 8 aromatic heterocycles. The Labute approximate surface area is 675 Å². The van der Waals surface area contributed by atoms with Crippen LogP contribution in [0.1, 0.15) is 24.9 Å². The van der Waals surface area contributed by atoms with Crippen LogP contribution < -0.4 is 96.5 Å². The average Bonchev–Trinajstić information content (AvgIpc) is 1.65. The number of aliphatic hydroxyl groups excluding tert-OH is 1. The normalized spacial score (nSPS) is 13.0. The average molecular weight is 1710 g/mol. The lowest BCUT2D eigenvalue weighted by Crippen LogP contribution is -2.22.